The number of hydrogen-bond acceptors (Lipinski definition) is 4. The maximum Gasteiger partial charge on any atom is 0.227 e. The first-order valence-electron chi connectivity index (χ1n) is 6.32. The van der Waals surface area contributed by atoms with Gasteiger partial charge in [-0.15, -0.1) is 0 Å². The van der Waals surface area contributed by atoms with Crippen molar-refractivity contribution in [1.29, 1.82) is 0 Å². The van der Waals surface area contributed by atoms with Crippen LogP contribution in [0.3, 0.4) is 0 Å². The van der Waals surface area contributed by atoms with Crippen LogP contribution in [-0.4, -0.2) is 29.6 Å². The van der Waals surface area contributed by atoms with Crippen molar-refractivity contribution in [2.24, 2.45) is 0 Å². The van der Waals surface area contributed by atoms with E-state index in [-0.39, 0.29) is 0 Å². The average molecular weight is 299 g/mol. The molecule has 1 N–H and O–H groups in total. The SMILES string of the molecule is CCNc1nc(N2CCCCCC2)ncc1Br. The van der Waals surface area contributed by atoms with E-state index in [1.807, 2.05) is 6.20 Å². The van der Waals surface area contributed by atoms with Gasteiger partial charge in [-0.05, 0) is 35.7 Å². The normalized spacial score (nSPS) is 16.7. The predicted octanol–water partition coefficient (Wildman–Crippen LogP) is 3.05. The smallest absolute Gasteiger partial charge is 0.227 e. The van der Waals surface area contributed by atoms with Crippen molar-refractivity contribution in [3.8, 4) is 0 Å². The van der Waals surface area contributed by atoms with Gasteiger partial charge in [0.1, 0.15) is 5.82 Å². The lowest BCUT2D eigenvalue weighted by molar-refractivity contribution is 0.726. The molecule has 0 aromatic carbocycles. The molecule has 1 aromatic rings. The molecule has 0 amide bonds. The standard InChI is InChI=1S/C12H19BrN4/c1-2-14-11-10(13)9-15-12(16-11)17-7-5-3-4-6-8-17/h9H,2-8H2,1H3,(H,14,15,16). The number of nitrogens with zero attached hydrogens (tertiary/aromatic N) is 3. The van der Waals surface area contributed by atoms with E-state index < -0.39 is 0 Å². The molecule has 4 nitrogen and oxygen atoms in total. The molecule has 17 heavy (non-hydrogen) atoms. The molecule has 1 aliphatic heterocycles. The highest BCUT2D eigenvalue weighted by Gasteiger charge is 2.13. The Morgan fingerprint density at radius 1 is 1.29 bits per heavy atom. The highest BCUT2D eigenvalue weighted by Crippen LogP contribution is 2.23. The summed E-state index contributed by atoms with van der Waals surface area (Å²) in [6, 6.07) is 0. The number of hydrogen-bond donors (Lipinski definition) is 1. The van der Waals surface area contributed by atoms with Crippen LogP contribution in [-0.2, 0) is 0 Å². The highest BCUT2D eigenvalue weighted by atomic mass is 79.9. The third kappa shape index (κ3) is 3.31. The van der Waals surface area contributed by atoms with E-state index in [1.165, 1.54) is 25.7 Å². The summed E-state index contributed by atoms with van der Waals surface area (Å²) < 4.78 is 0.929. The molecule has 5 heteroatoms. The molecule has 0 radical (unpaired) electrons. The van der Waals surface area contributed by atoms with Gasteiger partial charge in [0.2, 0.25) is 5.95 Å². The molecule has 0 aliphatic carbocycles. The average Bonchev–Trinajstić information content (AvgIpc) is 2.61. The summed E-state index contributed by atoms with van der Waals surface area (Å²) in [4.78, 5) is 11.3. The van der Waals surface area contributed by atoms with Crippen molar-refractivity contribution in [1.82, 2.24) is 9.97 Å². The molecule has 1 fully saturated rings. The Balaban J connectivity index is 2.16. The van der Waals surface area contributed by atoms with Gasteiger partial charge in [-0.25, -0.2) is 4.98 Å². The maximum absolute atomic E-state index is 4.58. The number of aromatic nitrogens is 2. The monoisotopic (exact) mass is 298 g/mol. The summed E-state index contributed by atoms with van der Waals surface area (Å²) in [5.74, 6) is 1.74. The summed E-state index contributed by atoms with van der Waals surface area (Å²) in [5, 5.41) is 3.25. The quantitative estimate of drug-likeness (QED) is 0.931. The molecule has 94 valence electrons. The first kappa shape index (κ1) is 12.6. The number of rotatable bonds is 3. The van der Waals surface area contributed by atoms with Crippen molar-refractivity contribution < 1.29 is 0 Å². The zero-order chi connectivity index (χ0) is 12.1. The van der Waals surface area contributed by atoms with Crippen molar-refractivity contribution >= 4 is 27.7 Å². The Kier molecular flexibility index (Phi) is 4.59. The van der Waals surface area contributed by atoms with E-state index in [0.29, 0.717) is 0 Å². The van der Waals surface area contributed by atoms with Crippen LogP contribution in [0, 0.1) is 0 Å². The summed E-state index contributed by atoms with van der Waals surface area (Å²) in [6.07, 6.45) is 6.98. The largest absolute Gasteiger partial charge is 0.369 e. The van der Waals surface area contributed by atoms with Gasteiger partial charge in [-0.2, -0.15) is 4.98 Å². The first-order valence-corrected chi connectivity index (χ1v) is 7.12. The highest BCUT2D eigenvalue weighted by molar-refractivity contribution is 9.10. The summed E-state index contributed by atoms with van der Waals surface area (Å²) in [6.45, 7) is 5.09. The van der Waals surface area contributed by atoms with Crippen molar-refractivity contribution in [3.63, 3.8) is 0 Å². The molecule has 2 rings (SSSR count). The van der Waals surface area contributed by atoms with Crippen molar-refractivity contribution in [2.45, 2.75) is 32.6 Å². The third-order valence-electron chi connectivity index (χ3n) is 2.96. The Morgan fingerprint density at radius 3 is 2.65 bits per heavy atom. The molecule has 1 saturated heterocycles. The van der Waals surface area contributed by atoms with Crippen LogP contribution in [0.25, 0.3) is 0 Å². The predicted molar refractivity (Wildman–Crippen MR) is 74.6 cm³/mol. The minimum atomic E-state index is 0.853. The number of halogens is 1. The molecule has 0 atom stereocenters. The van der Waals surface area contributed by atoms with Crippen LogP contribution in [0.1, 0.15) is 32.6 Å². The fourth-order valence-electron chi connectivity index (χ4n) is 2.07. The molecule has 1 aromatic heterocycles. The van der Waals surface area contributed by atoms with Gasteiger partial charge in [0.25, 0.3) is 0 Å². The van der Waals surface area contributed by atoms with Crippen LogP contribution >= 0.6 is 15.9 Å². The van der Waals surface area contributed by atoms with E-state index in [4.69, 9.17) is 0 Å². The minimum Gasteiger partial charge on any atom is -0.369 e. The summed E-state index contributed by atoms with van der Waals surface area (Å²) >= 11 is 3.46. The Hall–Kier alpha value is -0.840. The van der Waals surface area contributed by atoms with Gasteiger partial charge in [-0.1, -0.05) is 12.8 Å². The van der Waals surface area contributed by atoms with Gasteiger partial charge < -0.3 is 10.2 Å². The van der Waals surface area contributed by atoms with E-state index in [0.717, 1.165) is 35.9 Å². The second kappa shape index (κ2) is 6.19. The fourth-order valence-corrected chi connectivity index (χ4v) is 2.40. The van der Waals surface area contributed by atoms with Crippen LogP contribution in [0.2, 0.25) is 0 Å². The molecular weight excluding hydrogens is 280 g/mol. The Labute approximate surface area is 111 Å². The Morgan fingerprint density at radius 2 is 2.00 bits per heavy atom. The minimum absolute atomic E-state index is 0.853. The fraction of sp³-hybridized carbons (Fsp3) is 0.667. The van der Waals surface area contributed by atoms with Gasteiger partial charge in [0, 0.05) is 25.8 Å². The molecule has 0 saturated carbocycles. The zero-order valence-electron chi connectivity index (χ0n) is 10.2. The summed E-state index contributed by atoms with van der Waals surface area (Å²) in [7, 11) is 0. The van der Waals surface area contributed by atoms with Crippen LogP contribution < -0.4 is 10.2 Å². The molecule has 2 heterocycles. The zero-order valence-corrected chi connectivity index (χ0v) is 11.8. The van der Waals surface area contributed by atoms with Crippen LogP contribution in [0.4, 0.5) is 11.8 Å². The van der Waals surface area contributed by atoms with E-state index in [2.05, 4.69) is 43.0 Å². The van der Waals surface area contributed by atoms with E-state index in [1.54, 1.807) is 0 Å². The molecule has 0 unspecified atom stereocenters. The maximum atomic E-state index is 4.58. The topological polar surface area (TPSA) is 41.1 Å². The van der Waals surface area contributed by atoms with Crippen molar-refractivity contribution in [3.05, 3.63) is 10.7 Å². The lowest BCUT2D eigenvalue weighted by Gasteiger charge is -2.20. The third-order valence-corrected chi connectivity index (χ3v) is 3.54. The first-order chi connectivity index (χ1) is 8.31. The van der Waals surface area contributed by atoms with Crippen molar-refractivity contribution in [2.75, 3.05) is 29.9 Å². The second-order valence-corrected chi connectivity index (χ2v) is 5.15. The van der Waals surface area contributed by atoms with Gasteiger partial charge in [0.15, 0.2) is 0 Å². The molecular formula is C12H19BrN4. The Bertz CT molecular complexity index is 362. The summed E-state index contributed by atoms with van der Waals surface area (Å²) in [5.41, 5.74) is 0. The second-order valence-electron chi connectivity index (χ2n) is 4.30. The lowest BCUT2D eigenvalue weighted by Crippen LogP contribution is -2.26. The lowest BCUT2D eigenvalue weighted by atomic mass is 10.2. The number of nitrogens with one attached hydrogen (secondary N) is 1. The van der Waals surface area contributed by atoms with Gasteiger partial charge in [-0.3, -0.25) is 0 Å². The molecule has 0 spiro atoms. The number of anilines is 2. The molecule has 1 aliphatic rings. The van der Waals surface area contributed by atoms with E-state index >= 15 is 0 Å². The van der Waals surface area contributed by atoms with Gasteiger partial charge in [0.05, 0.1) is 4.47 Å². The van der Waals surface area contributed by atoms with Crippen LogP contribution in [0.15, 0.2) is 10.7 Å². The van der Waals surface area contributed by atoms with Crippen LogP contribution in [0.5, 0.6) is 0 Å². The van der Waals surface area contributed by atoms with Gasteiger partial charge >= 0.3 is 0 Å². The molecule has 0 bridgehead atoms. The van der Waals surface area contributed by atoms with E-state index in [9.17, 15) is 0 Å².